The fourth-order valence-electron chi connectivity index (χ4n) is 4.38. The van der Waals surface area contributed by atoms with E-state index < -0.39 is 0 Å². The molecule has 0 spiro atoms. The van der Waals surface area contributed by atoms with Crippen LogP contribution in [-0.4, -0.2) is 31.1 Å². The molecule has 0 saturated carbocycles. The Kier molecular flexibility index (Phi) is 5.54. The molecule has 0 unspecified atom stereocenters. The van der Waals surface area contributed by atoms with Crippen LogP contribution in [0.1, 0.15) is 21.7 Å². The van der Waals surface area contributed by atoms with Gasteiger partial charge in [-0.05, 0) is 61.7 Å². The lowest BCUT2D eigenvalue weighted by molar-refractivity contribution is 0.415. The third kappa shape index (κ3) is 3.84. The molecular weight excluding hydrogens is 442 g/mol. The minimum Gasteiger partial charge on any atom is -0.496 e. The standard InChI is InChI=1S/C25H24F2N4OS/c1-13-4-6-18(27)23-22(13)16(14(2)31-23)8-9-28-25-24-19(29-12-30-25)11-21(33-24)17-10-15(26)5-7-20(17)32-3/h4-7,10-11,29,31H,8-9,12H2,1-3H3,(H,28,30). The normalized spacial score (nSPS) is 12.9. The van der Waals surface area contributed by atoms with Crippen LogP contribution in [0.5, 0.6) is 5.75 Å². The highest BCUT2D eigenvalue weighted by Crippen LogP contribution is 2.40. The molecule has 1 aliphatic heterocycles. The van der Waals surface area contributed by atoms with Gasteiger partial charge < -0.3 is 20.4 Å². The van der Waals surface area contributed by atoms with E-state index in [1.807, 2.05) is 26.0 Å². The van der Waals surface area contributed by atoms with Gasteiger partial charge in [-0.15, -0.1) is 11.3 Å². The van der Waals surface area contributed by atoms with Crippen molar-refractivity contribution >= 4 is 33.8 Å². The van der Waals surface area contributed by atoms with E-state index in [1.165, 1.54) is 29.5 Å². The fourth-order valence-corrected chi connectivity index (χ4v) is 5.52. The maximum Gasteiger partial charge on any atom is 0.147 e. The van der Waals surface area contributed by atoms with E-state index in [1.54, 1.807) is 13.2 Å². The lowest BCUT2D eigenvalue weighted by atomic mass is 10.0. The first-order valence-corrected chi connectivity index (χ1v) is 11.5. The second-order valence-electron chi connectivity index (χ2n) is 8.06. The number of ether oxygens (including phenoxy) is 1. The highest BCUT2D eigenvalue weighted by molar-refractivity contribution is 7.18. The lowest BCUT2D eigenvalue weighted by Gasteiger charge is -2.16. The summed E-state index contributed by atoms with van der Waals surface area (Å²) in [4.78, 5) is 9.67. The molecular formula is C25H24F2N4OS. The van der Waals surface area contributed by atoms with Gasteiger partial charge in [0.1, 0.15) is 29.9 Å². The molecule has 0 fully saturated rings. The lowest BCUT2D eigenvalue weighted by Crippen LogP contribution is -2.29. The number of aromatic nitrogens is 1. The van der Waals surface area contributed by atoms with E-state index in [-0.39, 0.29) is 11.6 Å². The predicted octanol–water partition coefficient (Wildman–Crippen LogP) is 5.76. The number of fused-ring (bicyclic) bond motifs is 2. The second kappa shape index (κ2) is 8.51. The summed E-state index contributed by atoms with van der Waals surface area (Å²) in [7, 11) is 1.58. The van der Waals surface area contributed by atoms with E-state index >= 15 is 0 Å². The number of aromatic amines is 1. The Morgan fingerprint density at radius 2 is 2.00 bits per heavy atom. The van der Waals surface area contributed by atoms with E-state index in [0.29, 0.717) is 30.0 Å². The van der Waals surface area contributed by atoms with Gasteiger partial charge >= 0.3 is 0 Å². The number of nitrogens with one attached hydrogen (secondary N) is 3. The molecule has 5 nitrogen and oxygen atoms in total. The van der Waals surface area contributed by atoms with Crippen molar-refractivity contribution in [1.82, 2.24) is 10.3 Å². The summed E-state index contributed by atoms with van der Waals surface area (Å²) in [6.07, 6.45) is 0.730. The topological polar surface area (TPSA) is 61.4 Å². The van der Waals surface area contributed by atoms with Crippen LogP contribution in [0.25, 0.3) is 21.3 Å². The van der Waals surface area contributed by atoms with Gasteiger partial charge in [0.2, 0.25) is 0 Å². The van der Waals surface area contributed by atoms with Crippen LogP contribution in [0, 0.1) is 25.5 Å². The van der Waals surface area contributed by atoms with Gasteiger partial charge in [0.15, 0.2) is 0 Å². The molecule has 0 bridgehead atoms. The number of anilines is 1. The number of nitrogens with zero attached hydrogens (tertiary/aromatic N) is 1. The van der Waals surface area contributed by atoms with Gasteiger partial charge in [-0.2, -0.15) is 0 Å². The number of aliphatic imine (C=N–C) groups is 1. The number of rotatable bonds is 5. The molecule has 0 amide bonds. The first-order valence-electron chi connectivity index (χ1n) is 10.7. The highest BCUT2D eigenvalue weighted by Gasteiger charge is 2.21. The molecule has 170 valence electrons. The van der Waals surface area contributed by atoms with Gasteiger partial charge in [0.25, 0.3) is 0 Å². The molecule has 0 aliphatic carbocycles. The molecule has 2 aromatic heterocycles. The SMILES string of the molecule is COc1ccc(F)cc1-c1cc2c(s1)C(NCCc1c(C)[nH]c3c(F)ccc(C)c13)=NCN2. The van der Waals surface area contributed by atoms with E-state index in [9.17, 15) is 8.78 Å². The Labute approximate surface area is 194 Å². The summed E-state index contributed by atoms with van der Waals surface area (Å²) in [5, 5.41) is 7.70. The number of hydrogen-bond donors (Lipinski definition) is 3. The summed E-state index contributed by atoms with van der Waals surface area (Å²) in [6.45, 7) is 5.09. The third-order valence-electron chi connectivity index (χ3n) is 5.98. The molecule has 8 heteroatoms. The number of thiophene rings is 1. The van der Waals surface area contributed by atoms with Gasteiger partial charge in [-0.3, -0.25) is 0 Å². The highest BCUT2D eigenvalue weighted by atomic mass is 32.1. The van der Waals surface area contributed by atoms with Crippen LogP contribution in [0.4, 0.5) is 14.5 Å². The van der Waals surface area contributed by atoms with E-state index in [4.69, 9.17) is 4.74 Å². The monoisotopic (exact) mass is 466 g/mol. The Morgan fingerprint density at radius 3 is 2.82 bits per heavy atom. The number of methoxy groups -OCH3 is 1. The quantitative estimate of drug-likeness (QED) is 0.350. The molecule has 0 atom stereocenters. The minimum absolute atomic E-state index is 0.232. The van der Waals surface area contributed by atoms with Gasteiger partial charge in [0, 0.05) is 28.1 Å². The maximum atomic E-state index is 14.3. The molecule has 33 heavy (non-hydrogen) atoms. The number of hydrogen-bond acceptors (Lipinski definition) is 5. The van der Waals surface area contributed by atoms with Gasteiger partial charge in [0.05, 0.1) is 23.2 Å². The van der Waals surface area contributed by atoms with E-state index in [2.05, 4.69) is 20.6 Å². The smallest absolute Gasteiger partial charge is 0.147 e. The largest absolute Gasteiger partial charge is 0.496 e. The molecule has 0 saturated heterocycles. The summed E-state index contributed by atoms with van der Waals surface area (Å²) < 4.78 is 33.6. The van der Waals surface area contributed by atoms with Crippen molar-refractivity contribution in [2.75, 3.05) is 25.6 Å². The zero-order valence-electron chi connectivity index (χ0n) is 18.6. The average molecular weight is 467 g/mol. The van der Waals surface area contributed by atoms with E-state index in [0.717, 1.165) is 49.9 Å². The summed E-state index contributed by atoms with van der Waals surface area (Å²) in [6, 6.07) is 9.84. The van der Waals surface area contributed by atoms with Crippen molar-refractivity contribution in [3.8, 4) is 16.2 Å². The van der Waals surface area contributed by atoms with Gasteiger partial charge in [-0.1, -0.05) is 6.07 Å². The van der Waals surface area contributed by atoms with Crippen molar-refractivity contribution in [3.05, 3.63) is 69.7 Å². The number of amidine groups is 1. The van der Waals surface area contributed by atoms with Crippen LogP contribution < -0.4 is 15.4 Å². The molecule has 3 N–H and O–H groups in total. The van der Waals surface area contributed by atoms with Crippen LogP contribution in [0.2, 0.25) is 0 Å². The van der Waals surface area contributed by atoms with Crippen LogP contribution in [0.3, 0.4) is 0 Å². The zero-order chi connectivity index (χ0) is 23.1. The molecule has 3 heterocycles. The summed E-state index contributed by atoms with van der Waals surface area (Å²) in [5.74, 6) is 0.886. The first kappa shape index (κ1) is 21.5. The number of halogens is 2. The van der Waals surface area contributed by atoms with Crippen molar-refractivity contribution in [2.24, 2.45) is 4.99 Å². The Balaban J connectivity index is 1.38. The molecule has 2 aromatic carbocycles. The minimum atomic E-state index is -0.307. The maximum absolute atomic E-state index is 14.3. The fraction of sp³-hybridized carbons (Fsp3) is 0.240. The number of H-pyrrole nitrogens is 1. The zero-order valence-corrected chi connectivity index (χ0v) is 19.4. The molecule has 1 aliphatic rings. The molecule has 0 radical (unpaired) electrons. The third-order valence-corrected chi connectivity index (χ3v) is 7.15. The molecule has 5 rings (SSSR count). The van der Waals surface area contributed by atoms with Crippen LogP contribution in [-0.2, 0) is 6.42 Å². The Morgan fingerprint density at radius 1 is 1.15 bits per heavy atom. The average Bonchev–Trinajstić information content (AvgIpc) is 3.39. The predicted molar refractivity (Wildman–Crippen MR) is 131 cm³/mol. The van der Waals surface area contributed by atoms with Crippen molar-refractivity contribution in [2.45, 2.75) is 20.3 Å². The number of benzene rings is 2. The Bertz CT molecular complexity index is 1390. The van der Waals surface area contributed by atoms with Crippen molar-refractivity contribution < 1.29 is 13.5 Å². The second-order valence-corrected chi connectivity index (χ2v) is 9.11. The summed E-state index contributed by atoms with van der Waals surface area (Å²) >= 11 is 1.53. The van der Waals surface area contributed by atoms with Crippen LogP contribution in [0.15, 0.2) is 41.4 Å². The van der Waals surface area contributed by atoms with Gasteiger partial charge in [-0.25, -0.2) is 13.8 Å². The first-order chi connectivity index (χ1) is 16.0. The molecule has 4 aromatic rings. The van der Waals surface area contributed by atoms with Crippen molar-refractivity contribution in [1.29, 1.82) is 0 Å². The number of aryl methyl sites for hydroxylation is 2. The van der Waals surface area contributed by atoms with Crippen LogP contribution >= 0.6 is 11.3 Å². The Hall–Kier alpha value is -3.39. The van der Waals surface area contributed by atoms with Crippen molar-refractivity contribution in [3.63, 3.8) is 0 Å². The summed E-state index contributed by atoms with van der Waals surface area (Å²) in [5.41, 5.74) is 5.38.